The molecule has 150 valence electrons. The van der Waals surface area contributed by atoms with Gasteiger partial charge < -0.3 is 14.5 Å². The number of aromatic nitrogens is 2. The van der Waals surface area contributed by atoms with Crippen molar-refractivity contribution < 1.29 is 4.74 Å². The first kappa shape index (κ1) is 18.6. The average molecular weight is 425 g/mol. The number of nitrogens with zero attached hydrogens (tertiary/aromatic N) is 4. The van der Waals surface area contributed by atoms with Gasteiger partial charge in [-0.15, -0.1) is 0 Å². The second-order valence-electron chi connectivity index (χ2n) is 7.15. The van der Waals surface area contributed by atoms with Crippen molar-refractivity contribution in [1.29, 1.82) is 0 Å². The van der Waals surface area contributed by atoms with E-state index >= 15 is 0 Å². The first-order chi connectivity index (χ1) is 14.2. The predicted molar refractivity (Wildman–Crippen MR) is 124 cm³/mol. The summed E-state index contributed by atoms with van der Waals surface area (Å²) in [6, 6.07) is 12.7. The monoisotopic (exact) mass is 424 g/mol. The molecule has 7 heteroatoms. The van der Waals surface area contributed by atoms with E-state index < -0.39 is 0 Å². The van der Waals surface area contributed by atoms with Crippen LogP contribution in [0.3, 0.4) is 0 Å². The fraction of sp³-hybridized carbons (Fsp3) is 0.364. The zero-order valence-corrected chi connectivity index (χ0v) is 18.4. The number of aryl methyl sites for hydroxylation is 1. The van der Waals surface area contributed by atoms with Crippen molar-refractivity contribution in [2.75, 3.05) is 42.6 Å². The van der Waals surface area contributed by atoms with Crippen LogP contribution >= 0.6 is 22.7 Å². The molecule has 2 aromatic heterocycles. The summed E-state index contributed by atoms with van der Waals surface area (Å²) < 4.78 is 8.10. The van der Waals surface area contributed by atoms with Gasteiger partial charge in [0, 0.05) is 26.2 Å². The minimum atomic E-state index is 0.685. The van der Waals surface area contributed by atoms with Crippen LogP contribution < -0.4 is 14.5 Å². The standard InChI is InChI=1S/C22H24N4OS2/c1-3-15-6-5-7-18-20(15)24-22(28-18)26-12-10-25(11-13-26)21-23-17-9-8-16(27-4-2)14-19(17)29-21/h5-9,14H,3-4,10-13H2,1-2H3. The molecule has 1 aliphatic rings. The van der Waals surface area contributed by atoms with Crippen molar-refractivity contribution in [1.82, 2.24) is 9.97 Å². The first-order valence-corrected chi connectivity index (χ1v) is 11.8. The van der Waals surface area contributed by atoms with Gasteiger partial charge in [-0.3, -0.25) is 0 Å². The third kappa shape index (κ3) is 3.53. The molecule has 2 aromatic carbocycles. The van der Waals surface area contributed by atoms with Gasteiger partial charge in [-0.05, 0) is 43.2 Å². The highest BCUT2D eigenvalue weighted by Crippen LogP contribution is 2.34. The van der Waals surface area contributed by atoms with Crippen molar-refractivity contribution in [2.24, 2.45) is 0 Å². The zero-order chi connectivity index (χ0) is 19.8. The van der Waals surface area contributed by atoms with E-state index in [0.29, 0.717) is 6.61 Å². The van der Waals surface area contributed by atoms with E-state index in [1.54, 1.807) is 11.3 Å². The summed E-state index contributed by atoms with van der Waals surface area (Å²) in [5, 5.41) is 2.25. The van der Waals surface area contributed by atoms with Crippen LogP contribution in [-0.2, 0) is 6.42 Å². The number of fused-ring (bicyclic) bond motifs is 2. The smallest absolute Gasteiger partial charge is 0.186 e. The Labute approximate surface area is 178 Å². The van der Waals surface area contributed by atoms with Crippen molar-refractivity contribution in [2.45, 2.75) is 20.3 Å². The minimum Gasteiger partial charge on any atom is -0.494 e. The Kier molecular flexibility index (Phi) is 5.01. The van der Waals surface area contributed by atoms with Gasteiger partial charge in [0.05, 0.1) is 27.0 Å². The summed E-state index contributed by atoms with van der Waals surface area (Å²) in [4.78, 5) is 14.6. The predicted octanol–water partition coefficient (Wildman–Crippen LogP) is 5.19. The molecule has 0 amide bonds. The minimum absolute atomic E-state index is 0.685. The van der Waals surface area contributed by atoms with Gasteiger partial charge in [0.2, 0.25) is 0 Å². The van der Waals surface area contributed by atoms with Gasteiger partial charge in [0.15, 0.2) is 10.3 Å². The molecule has 4 aromatic rings. The van der Waals surface area contributed by atoms with Crippen molar-refractivity contribution in [3.8, 4) is 5.75 Å². The third-order valence-electron chi connectivity index (χ3n) is 5.35. The maximum Gasteiger partial charge on any atom is 0.186 e. The number of piperazine rings is 1. The molecule has 0 atom stereocenters. The molecule has 29 heavy (non-hydrogen) atoms. The van der Waals surface area contributed by atoms with Crippen LogP contribution in [-0.4, -0.2) is 42.8 Å². The Morgan fingerprint density at radius 2 is 1.62 bits per heavy atom. The molecule has 0 N–H and O–H groups in total. The summed E-state index contributed by atoms with van der Waals surface area (Å²) in [6.45, 7) is 8.77. The fourth-order valence-corrected chi connectivity index (χ4v) is 5.90. The van der Waals surface area contributed by atoms with E-state index in [2.05, 4.69) is 47.1 Å². The molecular weight excluding hydrogens is 400 g/mol. The van der Waals surface area contributed by atoms with Crippen molar-refractivity contribution in [3.63, 3.8) is 0 Å². The van der Waals surface area contributed by atoms with Gasteiger partial charge in [0.25, 0.3) is 0 Å². The topological polar surface area (TPSA) is 41.5 Å². The highest BCUT2D eigenvalue weighted by atomic mass is 32.1. The maximum atomic E-state index is 5.63. The molecule has 1 fully saturated rings. The Morgan fingerprint density at radius 1 is 0.897 bits per heavy atom. The Morgan fingerprint density at radius 3 is 2.34 bits per heavy atom. The molecule has 5 nitrogen and oxygen atoms in total. The molecule has 0 unspecified atom stereocenters. The number of rotatable bonds is 5. The summed E-state index contributed by atoms with van der Waals surface area (Å²) in [7, 11) is 0. The summed E-state index contributed by atoms with van der Waals surface area (Å²) >= 11 is 3.56. The lowest BCUT2D eigenvalue weighted by Gasteiger charge is -2.34. The first-order valence-electron chi connectivity index (χ1n) is 10.2. The highest BCUT2D eigenvalue weighted by Gasteiger charge is 2.22. The third-order valence-corrected chi connectivity index (χ3v) is 7.51. The van der Waals surface area contributed by atoms with E-state index in [4.69, 9.17) is 14.7 Å². The van der Waals surface area contributed by atoms with Crippen LogP contribution in [0, 0.1) is 0 Å². The molecule has 0 aliphatic carbocycles. The summed E-state index contributed by atoms with van der Waals surface area (Å²) in [6.07, 6.45) is 1.02. The highest BCUT2D eigenvalue weighted by molar-refractivity contribution is 7.22. The Hall–Kier alpha value is -2.38. The second kappa shape index (κ2) is 7.80. The molecule has 1 aliphatic heterocycles. The van der Waals surface area contributed by atoms with Gasteiger partial charge in [-0.25, -0.2) is 9.97 Å². The summed E-state index contributed by atoms with van der Waals surface area (Å²) in [5.74, 6) is 0.919. The van der Waals surface area contributed by atoms with E-state index in [1.807, 2.05) is 24.3 Å². The van der Waals surface area contributed by atoms with Crippen LogP contribution in [0.4, 0.5) is 10.3 Å². The zero-order valence-electron chi connectivity index (χ0n) is 16.7. The molecular formula is C22H24N4OS2. The average Bonchev–Trinajstić information content (AvgIpc) is 3.38. The van der Waals surface area contributed by atoms with Crippen molar-refractivity contribution in [3.05, 3.63) is 42.0 Å². The maximum absolute atomic E-state index is 5.63. The van der Waals surface area contributed by atoms with Crippen molar-refractivity contribution >= 4 is 53.4 Å². The van der Waals surface area contributed by atoms with Gasteiger partial charge in [-0.1, -0.05) is 41.7 Å². The lowest BCUT2D eigenvalue weighted by molar-refractivity contribution is 0.341. The quantitative estimate of drug-likeness (QED) is 0.441. The van der Waals surface area contributed by atoms with Gasteiger partial charge in [-0.2, -0.15) is 0 Å². The normalized spacial score (nSPS) is 14.8. The van der Waals surface area contributed by atoms with Crippen LogP contribution in [0.5, 0.6) is 5.75 Å². The van der Waals surface area contributed by atoms with Gasteiger partial charge in [0.1, 0.15) is 5.75 Å². The Balaban J connectivity index is 1.32. The number of hydrogen-bond donors (Lipinski definition) is 0. The molecule has 0 radical (unpaired) electrons. The Bertz CT molecular complexity index is 1140. The molecule has 1 saturated heterocycles. The lowest BCUT2D eigenvalue weighted by atomic mass is 10.1. The van der Waals surface area contributed by atoms with Crippen LogP contribution in [0.2, 0.25) is 0 Å². The SMILES string of the molecule is CCOc1ccc2nc(N3CCN(c4nc5c(CC)cccc5s4)CC3)sc2c1. The molecule has 3 heterocycles. The molecule has 0 saturated carbocycles. The summed E-state index contributed by atoms with van der Waals surface area (Å²) in [5.41, 5.74) is 3.56. The van der Waals surface area contributed by atoms with E-state index in [9.17, 15) is 0 Å². The number of thiazole rings is 2. The van der Waals surface area contributed by atoms with Crippen LogP contribution in [0.1, 0.15) is 19.4 Å². The lowest BCUT2D eigenvalue weighted by Crippen LogP contribution is -2.46. The number of anilines is 2. The number of benzene rings is 2. The largest absolute Gasteiger partial charge is 0.494 e. The molecule has 5 rings (SSSR count). The van der Waals surface area contributed by atoms with Crippen LogP contribution in [0.15, 0.2) is 36.4 Å². The second-order valence-corrected chi connectivity index (χ2v) is 9.17. The number of hydrogen-bond acceptors (Lipinski definition) is 7. The molecule has 0 bridgehead atoms. The number of para-hydroxylation sites is 1. The van der Waals surface area contributed by atoms with E-state index in [-0.39, 0.29) is 0 Å². The van der Waals surface area contributed by atoms with Crippen LogP contribution in [0.25, 0.3) is 20.4 Å². The fourth-order valence-electron chi connectivity index (χ4n) is 3.79. The van der Waals surface area contributed by atoms with E-state index in [0.717, 1.165) is 54.1 Å². The van der Waals surface area contributed by atoms with E-state index in [1.165, 1.54) is 20.5 Å². The molecule has 0 spiro atoms. The van der Waals surface area contributed by atoms with Gasteiger partial charge >= 0.3 is 0 Å². The number of ether oxygens (including phenoxy) is 1.